The van der Waals surface area contributed by atoms with Crippen LogP contribution >= 0.6 is 0 Å². The highest BCUT2D eigenvalue weighted by atomic mass is 16.6. The summed E-state index contributed by atoms with van der Waals surface area (Å²) in [5, 5.41) is 19.2. The molecule has 0 bridgehead atoms. The molecule has 0 aromatic carbocycles. The molecular weight excluding hydrogens is 336 g/mol. The molecule has 2 saturated carbocycles. The van der Waals surface area contributed by atoms with Gasteiger partial charge in [0, 0.05) is 23.5 Å². The van der Waals surface area contributed by atoms with Crippen molar-refractivity contribution >= 4 is 11.9 Å². The molecule has 2 N–H and O–H groups in total. The number of ether oxygens (including phenoxy) is 2. The Morgan fingerprint density at radius 1 is 1.35 bits per heavy atom. The van der Waals surface area contributed by atoms with Crippen LogP contribution < -0.4 is 0 Å². The summed E-state index contributed by atoms with van der Waals surface area (Å²) in [5.41, 5.74) is 2.01. The molecule has 0 aromatic rings. The molecule has 3 aliphatic rings. The highest BCUT2D eigenvalue weighted by molar-refractivity contribution is 5.92. The zero-order chi connectivity index (χ0) is 19.2. The molecule has 6 nitrogen and oxygen atoms in total. The van der Waals surface area contributed by atoms with Crippen LogP contribution in [-0.2, 0) is 19.1 Å². The van der Waals surface area contributed by atoms with Crippen LogP contribution in [0.15, 0.2) is 48.1 Å². The summed E-state index contributed by atoms with van der Waals surface area (Å²) in [6.07, 6.45) is 0.309. The van der Waals surface area contributed by atoms with E-state index in [1.807, 2.05) is 0 Å². The second kappa shape index (κ2) is 6.85. The van der Waals surface area contributed by atoms with Gasteiger partial charge in [0.15, 0.2) is 0 Å². The maximum atomic E-state index is 12.3. The second-order valence-electron chi connectivity index (χ2n) is 7.26. The zero-order valence-electron chi connectivity index (χ0n) is 14.8. The summed E-state index contributed by atoms with van der Waals surface area (Å²) in [4.78, 5) is 24.5. The minimum Gasteiger partial charge on any atom is -0.458 e. The molecule has 0 unspecified atom stereocenters. The number of hydrogen-bond acceptors (Lipinski definition) is 6. The van der Waals surface area contributed by atoms with E-state index in [1.165, 1.54) is 6.08 Å². The third kappa shape index (κ3) is 2.93. The summed E-state index contributed by atoms with van der Waals surface area (Å²) < 4.78 is 11.2. The van der Waals surface area contributed by atoms with Gasteiger partial charge in [-0.3, -0.25) is 0 Å². The van der Waals surface area contributed by atoms with Crippen molar-refractivity contribution in [3.8, 4) is 0 Å². The number of esters is 2. The maximum Gasteiger partial charge on any atom is 0.334 e. The molecule has 0 spiro atoms. The van der Waals surface area contributed by atoms with Gasteiger partial charge in [-0.1, -0.05) is 25.3 Å². The smallest absolute Gasteiger partial charge is 0.334 e. The van der Waals surface area contributed by atoms with Crippen LogP contribution in [0.5, 0.6) is 0 Å². The predicted molar refractivity (Wildman–Crippen MR) is 93.7 cm³/mol. The van der Waals surface area contributed by atoms with Crippen molar-refractivity contribution in [2.75, 3.05) is 6.61 Å². The topological polar surface area (TPSA) is 93.1 Å². The Labute approximate surface area is 152 Å². The van der Waals surface area contributed by atoms with Crippen molar-refractivity contribution < 1.29 is 29.3 Å². The predicted octanol–water partition coefficient (Wildman–Crippen LogP) is 1.45. The fourth-order valence-corrected chi connectivity index (χ4v) is 4.32. The number of carbonyl (C=O) groups excluding carboxylic acids is 2. The zero-order valence-corrected chi connectivity index (χ0v) is 14.8. The average Bonchev–Trinajstić information content (AvgIpc) is 3.00. The molecule has 26 heavy (non-hydrogen) atoms. The Bertz CT molecular complexity index is 718. The molecule has 140 valence electrons. The molecule has 6 atom stereocenters. The molecule has 0 radical (unpaired) electrons. The van der Waals surface area contributed by atoms with Gasteiger partial charge in [-0.15, -0.1) is 0 Å². The summed E-state index contributed by atoms with van der Waals surface area (Å²) in [7, 11) is 0. The van der Waals surface area contributed by atoms with Gasteiger partial charge in [-0.05, 0) is 30.9 Å². The normalized spacial score (nSPS) is 37.1. The Balaban J connectivity index is 1.95. The first-order chi connectivity index (χ1) is 12.3. The van der Waals surface area contributed by atoms with Gasteiger partial charge in [0.05, 0.1) is 18.6 Å². The van der Waals surface area contributed by atoms with Crippen LogP contribution in [0.1, 0.15) is 19.8 Å². The van der Waals surface area contributed by atoms with Gasteiger partial charge in [0.25, 0.3) is 0 Å². The molecule has 6 heteroatoms. The van der Waals surface area contributed by atoms with Crippen molar-refractivity contribution in [2.24, 2.45) is 17.8 Å². The van der Waals surface area contributed by atoms with E-state index in [2.05, 4.69) is 19.7 Å². The lowest BCUT2D eigenvalue weighted by molar-refractivity contribution is -0.148. The first kappa shape index (κ1) is 18.6. The van der Waals surface area contributed by atoms with Crippen molar-refractivity contribution in [3.63, 3.8) is 0 Å². The van der Waals surface area contributed by atoms with E-state index in [0.717, 1.165) is 5.57 Å². The van der Waals surface area contributed by atoms with E-state index in [1.54, 1.807) is 6.92 Å². The lowest BCUT2D eigenvalue weighted by Gasteiger charge is -2.28. The monoisotopic (exact) mass is 360 g/mol. The average molecular weight is 360 g/mol. The highest BCUT2D eigenvalue weighted by Crippen LogP contribution is 2.52. The van der Waals surface area contributed by atoms with Gasteiger partial charge in [0.1, 0.15) is 12.2 Å². The lowest BCUT2D eigenvalue weighted by Crippen LogP contribution is -2.36. The van der Waals surface area contributed by atoms with E-state index >= 15 is 0 Å². The lowest BCUT2D eigenvalue weighted by atomic mass is 9.81. The summed E-state index contributed by atoms with van der Waals surface area (Å²) in [6, 6.07) is 0. The van der Waals surface area contributed by atoms with Crippen molar-refractivity contribution in [3.05, 3.63) is 48.1 Å². The second-order valence-corrected chi connectivity index (χ2v) is 7.26. The minimum atomic E-state index is -0.663. The SMILES string of the molecule is C=C1C(=O)O[C@@H]2[C@H]3C(=C)[C@@H](O)C[C@H]3C(=C)C[C@H](OC(=O)/C(C)=C/CO)[C@@H]12. The van der Waals surface area contributed by atoms with Crippen LogP contribution in [0, 0.1) is 17.8 Å². The number of hydrogen-bond donors (Lipinski definition) is 2. The third-order valence-corrected chi connectivity index (χ3v) is 5.75. The standard InChI is InChI=1S/C20H24O6/c1-9(5-6-21)19(23)25-15-7-10(2)13-8-14(22)11(3)16(13)18-17(15)12(4)20(24)26-18/h5,13-18,21-22H,2-4,6-8H2,1H3/b9-5+/t13-,14-,15-,16-,17+,18+/m0/s1. The largest absolute Gasteiger partial charge is 0.458 e. The quantitative estimate of drug-likeness (QED) is 0.450. The van der Waals surface area contributed by atoms with E-state index in [-0.39, 0.29) is 29.6 Å². The van der Waals surface area contributed by atoms with Gasteiger partial charge < -0.3 is 19.7 Å². The molecule has 0 aromatic heterocycles. The Morgan fingerprint density at radius 3 is 2.69 bits per heavy atom. The number of aliphatic hydroxyl groups is 2. The van der Waals surface area contributed by atoms with E-state index in [4.69, 9.17) is 14.6 Å². The Morgan fingerprint density at radius 2 is 2.04 bits per heavy atom. The number of fused-ring (bicyclic) bond motifs is 3. The van der Waals surface area contributed by atoms with E-state index in [9.17, 15) is 14.7 Å². The molecule has 2 aliphatic carbocycles. The van der Waals surface area contributed by atoms with Gasteiger partial charge in [-0.25, -0.2) is 9.59 Å². The maximum absolute atomic E-state index is 12.3. The van der Waals surface area contributed by atoms with Crippen LogP contribution in [0.25, 0.3) is 0 Å². The molecule has 1 saturated heterocycles. The summed E-state index contributed by atoms with van der Waals surface area (Å²) in [5.74, 6) is -1.93. The first-order valence-corrected chi connectivity index (χ1v) is 8.69. The molecule has 1 aliphatic heterocycles. The van der Waals surface area contributed by atoms with Crippen LogP contribution in [0.3, 0.4) is 0 Å². The number of rotatable bonds is 3. The fourth-order valence-electron chi connectivity index (χ4n) is 4.32. The van der Waals surface area contributed by atoms with Gasteiger partial charge in [-0.2, -0.15) is 0 Å². The Kier molecular flexibility index (Phi) is 4.90. The van der Waals surface area contributed by atoms with Crippen molar-refractivity contribution in [1.29, 1.82) is 0 Å². The van der Waals surface area contributed by atoms with Crippen molar-refractivity contribution in [1.82, 2.24) is 0 Å². The number of carbonyl (C=O) groups is 2. The molecule has 3 fully saturated rings. The van der Waals surface area contributed by atoms with Crippen molar-refractivity contribution in [2.45, 2.75) is 38.1 Å². The minimum absolute atomic E-state index is 0.0820. The van der Waals surface area contributed by atoms with E-state index in [0.29, 0.717) is 18.4 Å². The van der Waals surface area contributed by atoms with Crippen LogP contribution in [-0.4, -0.2) is 47.1 Å². The summed E-state index contributed by atoms with van der Waals surface area (Å²) >= 11 is 0. The van der Waals surface area contributed by atoms with Crippen LogP contribution in [0.4, 0.5) is 0 Å². The molecular formula is C20H24O6. The molecule has 3 rings (SSSR count). The molecule has 1 heterocycles. The van der Waals surface area contributed by atoms with Gasteiger partial charge in [0.2, 0.25) is 0 Å². The summed E-state index contributed by atoms with van der Waals surface area (Å²) in [6.45, 7) is 13.2. The van der Waals surface area contributed by atoms with Gasteiger partial charge >= 0.3 is 11.9 Å². The highest BCUT2D eigenvalue weighted by Gasteiger charge is 2.56. The molecule has 0 amide bonds. The third-order valence-electron chi connectivity index (χ3n) is 5.75. The fraction of sp³-hybridized carbons (Fsp3) is 0.500. The first-order valence-electron chi connectivity index (χ1n) is 8.69. The van der Waals surface area contributed by atoms with E-state index < -0.39 is 36.2 Å². The van der Waals surface area contributed by atoms with Crippen LogP contribution in [0.2, 0.25) is 0 Å². The number of aliphatic hydroxyl groups excluding tert-OH is 2. The Hall–Kier alpha value is -2.18.